The van der Waals surface area contributed by atoms with Gasteiger partial charge in [0.25, 0.3) is 5.91 Å². The van der Waals surface area contributed by atoms with Crippen LogP contribution >= 0.6 is 11.6 Å². The van der Waals surface area contributed by atoms with Crippen LogP contribution in [-0.2, 0) is 17.8 Å². The lowest BCUT2D eigenvalue weighted by Crippen LogP contribution is -2.81. The van der Waals surface area contributed by atoms with Gasteiger partial charge in [0.05, 0.1) is 0 Å². The number of hydrogen-bond donors (Lipinski definition) is 2. The van der Waals surface area contributed by atoms with Gasteiger partial charge in [-0.15, -0.1) is 0 Å². The van der Waals surface area contributed by atoms with Crippen LogP contribution in [0.4, 0.5) is 5.69 Å². The van der Waals surface area contributed by atoms with Gasteiger partial charge in [0.15, 0.2) is 6.61 Å². The first-order valence-corrected chi connectivity index (χ1v) is 11.0. The molecule has 1 heterocycles. The molecule has 3 fully saturated rings. The molecule has 0 aromatic heterocycles. The Morgan fingerprint density at radius 2 is 2.00 bits per heavy atom. The second-order valence-corrected chi connectivity index (χ2v) is 9.80. The molecule has 0 radical (unpaired) electrons. The molecule has 5 nitrogen and oxygen atoms in total. The lowest BCUT2D eigenvalue weighted by atomic mass is 9.44. The summed E-state index contributed by atoms with van der Waals surface area (Å²) in [5, 5.41) is 7.71. The Balaban J connectivity index is 1.14. The number of amides is 1. The smallest absolute Gasteiger partial charge is 0.258 e. The van der Waals surface area contributed by atoms with E-state index >= 15 is 0 Å². The van der Waals surface area contributed by atoms with Crippen LogP contribution in [-0.4, -0.2) is 42.1 Å². The van der Waals surface area contributed by atoms with Gasteiger partial charge < -0.3 is 20.3 Å². The Bertz CT molecular complexity index is 986. The minimum absolute atomic E-state index is 0.0307. The average Bonchev–Trinajstić information content (AvgIpc) is 2.66. The van der Waals surface area contributed by atoms with Crippen molar-refractivity contribution in [3.05, 3.63) is 58.1 Å². The maximum atomic E-state index is 12.4. The number of benzene rings is 2. The highest BCUT2D eigenvalue weighted by atomic mass is 35.5. The van der Waals surface area contributed by atoms with E-state index in [0.717, 1.165) is 44.3 Å². The van der Waals surface area contributed by atoms with Gasteiger partial charge in [0.1, 0.15) is 5.75 Å². The average molecular weight is 426 g/mol. The third-order valence-electron chi connectivity index (χ3n) is 6.79. The molecular formula is C24H28ClN3O2. The fourth-order valence-corrected chi connectivity index (χ4v) is 5.51. The molecular weight excluding hydrogens is 398 g/mol. The first kappa shape index (κ1) is 19.7. The number of likely N-dealkylation sites (N-methyl/N-ethyl adjacent to an activating group) is 1. The summed E-state index contributed by atoms with van der Waals surface area (Å²) >= 11 is 6.04. The summed E-state index contributed by atoms with van der Waals surface area (Å²) in [6, 6.07) is 12.0. The van der Waals surface area contributed by atoms with E-state index in [1.54, 1.807) is 12.1 Å². The fraction of sp³-hybridized carbons (Fsp3) is 0.458. The topological polar surface area (TPSA) is 53.6 Å². The summed E-state index contributed by atoms with van der Waals surface area (Å²) < 4.78 is 5.64. The number of aryl methyl sites for hydroxylation is 1. The van der Waals surface area contributed by atoms with E-state index in [4.69, 9.17) is 16.3 Å². The van der Waals surface area contributed by atoms with E-state index in [2.05, 4.69) is 40.8 Å². The fourth-order valence-electron chi connectivity index (χ4n) is 5.39. The van der Waals surface area contributed by atoms with E-state index in [0.29, 0.717) is 10.8 Å². The molecule has 2 N–H and O–H groups in total. The maximum absolute atomic E-state index is 12.4. The summed E-state index contributed by atoms with van der Waals surface area (Å²) in [4.78, 5) is 14.8. The first-order valence-electron chi connectivity index (χ1n) is 10.6. The Labute approximate surface area is 182 Å². The van der Waals surface area contributed by atoms with Crippen LogP contribution < -0.4 is 15.4 Å². The van der Waals surface area contributed by atoms with E-state index in [9.17, 15) is 4.79 Å². The van der Waals surface area contributed by atoms with Crippen molar-refractivity contribution in [3.8, 4) is 5.75 Å². The van der Waals surface area contributed by atoms with Gasteiger partial charge in [0.2, 0.25) is 0 Å². The predicted octanol–water partition coefficient (Wildman–Crippen LogP) is 3.92. The van der Waals surface area contributed by atoms with Crippen LogP contribution in [0.1, 0.15) is 36.0 Å². The number of ether oxygens (including phenoxy) is 1. The number of hydrogen-bond acceptors (Lipinski definition) is 4. The largest absolute Gasteiger partial charge is 0.484 e. The van der Waals surface area contributed by atoms with Gasteiger partial charge in [-0.25, -0.2) is 0 Å². The van der Waals surface area contributed by atoms with Crippen LogP contribution in [0.3, 0.4) is 0 Å². The Morgan fingerprint density at radius 3 is 2.77 bits per heavy atom. The molecule has 4 aliphatic rings. The maximum Gasteiger partial charge on any atom is 0.258 e. The number of halogens is 1. The summed E-state index contributed by atoms with van der Waals surface area (Å²) in [6.45, 7) is 4.07. The minimum atomic E-state index is -0.0592. The van der Waals surface area contributed by atoms with Gasteiger partial charge >= 0.3 is 0 Å². The van der Waals surface area contributed by atoms with E-state index < -0.39 is 0 Å². The van der Waals surface area contributed by atoms with Crippen molar-refractivity contribution >= 4 is 23.2 Å². The minimum Gasteiger partial charge on any atom is -0.484 e. The van der Waals surface area contributed by atoms with Crippen LogP contribution in [0.2, 0.25) is 5.02 Å². The van der Waals surface area contributed by atoms with Crippen molar-refractivity contribution in [2.75, 3.05) is 25.5 Å². The molecule has 2 aromatic rings. The van der Waals surface area contributed by atoms with Crippen molar-refractivity contribution in [1.82, 2.24) is 10.2 Å². The van der Waals surface area contributed by atoms with Gasteiger partial charge in [-0.05, 0) is 80.6 Å². The lowest BCUT2D eigenvalue weighted by Gasteiger charge is -2.70. The highest BCUT2D eigenvalue weighted by Crippen LogP contribution is 2.62. The normalized spacial score (nSPS) is 26.8. The van der Waals surface area contributed by atoms with E-state index in [1.807, 2.05) is 13.0 Å². The zero-order valence-electron chi connectivity index (χ0n) is 17.6. The molecule has 0 spiro atoms. The zero-order chi connectivity index (χ0) is 20.9. The Morgan fingerprint density at radius 1 is 1.20 bits per heavy atom. The SMILES string of the molecule is Cc1cc(OCC(=O)NC23CC(Nc4cccc5c4CCN(C)C5)(C2)C3)ccc1Cl. The molecule has 2 bridgehead atoms. The molecule has 2 aromatic carbocycles. The summed E-state index contributed by atoms with van der Waals surface area (Å²) in [7, 11) is 2.18. The highest BCUT2D eigenvalue weighted by molar-refractivity contribution is 6.31. The van der Waals surface area contributed by atoms with Crippen molar-refractivity contribution in [3.63, 3.8) is 0 Å². The Kier molecular flexibility index (Phi) is 4.71. The van der Waals surface area contributed by atoms with Gasteiger partial charge in [0, 0.05) is 34.9 Å². The molecule has 6 heteroatoms. The molecule has 0 unspecified atom stereocenters. The second kappa shape index (κ2) is 7.17. The van der Waals surface area contributed by atoms with Crippen molar-refractivity contribution in [1.29, 1.82) is 0 Å². The number of carbonyl (C=O) groups excluding carboxylic acids is 1. The number of nitrogens with one attached hydrogen (secondary N) is 2. The van der Waals surface area contributed by atoms with E-state index in [-0.39, 0.29) is 23.6 Å². The monoisotopic (exact) mass is 425 g/mol. The molecule has 158 valence electrons. The molecule has 6 rings (SSSR count). The van der Waals surface area contributed by atoms with Crippen LogP contribution in [0.5, 0.6) is 5.75 Å². The van der Waals surface area contributed by atoms with Crippen LogP contribution in [0.25, 0.3) is 0 Å². The van der Waals surface area contributed by atoms with Crippen molar-refractivity contribution in [2.45, 2.75) is 50.2 Å². The number of fused-ring (bicyclic) bond motifs is 1. The molecule has 0 atom stereocenters. The Hall–Kier alpha value is -2.24. The quantitative estimate of drug-likeness (QED) is 0.736. The molecule has 30 heavy (non-hydrogen) atoms. The zero-order valence-corrected chi connectivity index (χ0v) is 18.3. The van der Waals surface area contributed by atoms with Gasteiger partial charge in [-0.2, -0.15) is 0 Å². The first-order chi connectivity index (χ1) is 14.4. The number of nitrogens with zero attached hydrogens (tertiary/aromatic N) is 1. The third-order valence-corrected chi connectivity index (χ3v) is 7.21. The third kappa shape index (κ3) is 3.54. The molecule has 1 aliphatic heterocycles. The number of carbonyl (C=O) groups is 1. The van der Waals surface area contributed by atoms with Gasteiger partial charge in [-0.1, -0.05) is 23.7 Å². The predicted molar refractivity (Wildman–Crippen MR) is 119 cm³/mol. The molecule has 0 saturated heterocycles. The molecule has 1 amide bonds. The summed E-state index contributed by atoms with van der Waals surface area (Å²) in [6.07, 6.45) is 4.04. The molecule has 3 saturated carbocycles. The van der Waals surface area contributed by atoms with E-state index in [1.165, 1.54) is 16.8 Å². The lowest BCUT2D eigenvalue weighted by molar-refractivity contribution is -0.135. The van der Waals surface area contributed by atoms with Gasteiger partial charge in [-0.3, -0.25) is 4.79 Å². The summed E-state index contributed by atoms with van der Waals surface area (Å²) in [5.74, 6) is 0.610. The summed E-state index contributed by atoms with van der Waals surface area (Å²) in [5.41, 5.74) is 5.19. The highest BCUT2D eigenvalue weighted by Gasteiger charge is 2.68. The van der Waals surface area contributed by atoms with Crippen molar-refractivity contribution in [2.24, 2.45) is 0 Å². The number of anilines is 1. The van der Waals surface area contributed by atoms with Crippen LogP contribution in [0, 0.1) is 6.92 Å². The second-order valence-electron chi connectivity index (χ2n) is 9.39. The van der Waals surface area contributed by atoms with Crippen molar-refractivity contribution < 1.29 is 9.53 Å². The molecule has 3 aliphatic carbocycles. The number of rotatable bonds is 6. The van der Waals surface area contributed by atoms with Crippen LogP contribution in [0.15, 0.2) is 36.4 Å². The standard InChI is InChI=1S/C24H28ClN3O2/c1-16-10-18(6-7-20(16)25)30-12-22(29)27-24-13-23(14-24,15-24)26-21-5-3-4-17-11-28(2)9-8-19(17)21/h3-7,10,26H,8-9,11-15H2,1-2H3,(H,27,29).